The molecule has 0 saturated carbocycles. The largest absolute Gasteiger partial charge is 0.456 e. The molecule has 186 valence electrons. The molecular formula is C34H35N2O+. The number of pyridine rings is 1. The van der Waals surface area contributed by atoms with Crippen molar-refractivity contribution < 1.29 is 11.7 Å². The molecule has 0 radical (unpaired) electrons. The lowest BCUT2D eigenvalue weighted by molar-refractivity contribution is -0.667. The zero-order valence-electron chi connectivity index (χ0n) is 24.7. The van der Waals surface area contributed by atoms with Crippen LogP contribution in [0.1, 0.15) is 58.7 Å². The van der Waals surface area contributed by atoms with Crippen molar-refractivity contribution in [3.05, 3.63) is 94.5 Å². The van der Waals surface area contributed by atoms with E-state index in [0.717, 1.165) is 55.6 Å². The van der Waals surface area contributed by atoms with Crippen LogP contribution in [0.2, 0.25) is 0 Å². The summed E-state index contributed by atoms with van der Waals surface area (Å²) in [4.78, 5) is 3.85. The van der Waals surface area contributed by atoms with Gasteiger partial charge in [0, 0.05) is 37.6 Å². The summed E-state index contributed by atoms with van der Waals surface area (Å²) in [5.41, 5.74) is 9.72. The molecule has 5 rings (SSSR count). The van der Waals surface area contributed by atoms with Gasteiger partial charge in [0.15, 0.2) is 11.4 Å². The van der Waals surface area contributed by atoms with Crippen LogP contribution in [-0.4, -0.2) is 0 Å². The second-order valence-electron chi connectivity index (χ2n) is 10.5. The summed E-state index contributed by atoms with van der Waals surface area (Å²) < 4.78 is 26.1. The Labute approximate surface area is 223 Å². The van der Waals surface area contributed by atoms with Gasteiger partial charge in [-0.1, -0.05) is 76.2 Å². The Bertz CT molecular complexity index is 1770. The van der Waals surface area contributed by atoms with Crippen LogP contribution in [-0.2, 0) is 13.4 Å². The van der Waals surface area contributed by atoms with Crippen LogP contribution in [0.3, 0.4) is 0 Å². The first-order valence-corrected chi connectivity index (χ1v) is 12.9. The summed E-state index contributed by atoms with van der Waals surface area (Å²) in [7, 11) is 1.99. The van der Waals surface area contributed by atoms with Crippen molar-refractivity contribution in [2.75, 3.05) is 0 Å². The van der Waals surface area contributed by atoms with E-state index < -0.39 is 6.37 Å². The number of aromatic nitrogens is 1. The number of nitrogens with zero attached hydrogens (tertiary/aromatic N) is 2. The van der Waals surface area contributed by atoms with Crippen molar-refractivity contribution in [2.45, 2.75) is 53.8 Å². The second-order valence-corrected chi connectivity index (χ2v) is 10.5. The van der Waals surface area contributed by atoms with Crippen LogP contribution >= 0.6 is 0 Å². The number of benzene rings is 3. The molecule has 37 heavy (non-hydrogen) atoms. The highest BCUT2D eigenvalue weighted by Crippen LogP contribution is 2.44. The smallest absolute Gasteiger partial charge is 0.216 e. The Morgan fingerprint density at radius 3 is 2.14 bits per heavy atom. The molecule has 5 aromatic rings. The molecule has 0 N–H and O–H groups in total. The molecule has 3 aromatic carbocycles. The Morgan fingerprint density at radius 1 is 0.865 bits per heavy atom. The maximum absolute atomic E-state index is 8.67. The van der Waals surface area contributed by atoms with Gasteiger partial charge in [-0.25, -0.2) is 4.85 Å². The Balaban J connectivity index is 1.79. The van der Waals surface area contributed by atoms with Gasteiger partial charge < -0.3 is 4.42 Å². The quantitative estimate of drug-likeness (QED) is 0.178. The molecule has 0 bridgehead atoms. The Morgan fingerprint density at radius 2 is 1.51 bits per heavy atom. The van der Waals surface area contributed by atoms with Gasteiger partial charge >= 0.3 is 0 Å². The molecule has 0 aliphatic heterocycles. The Kier molecular flexibility index (Phi) is 5.74. The number of hydrogen-bond donors (Lipinski definition) is 0. The van der Waals surface area contributed by atoms with Crippen LogP contribution in [0.15, 0.2) is 65.1 Å². The zero-order valence-corrected chi connectivity index (χ0v) is 22.7. The number of fused-ring (bicyclic) bond motifs is 3. The van der Waals surface area contributed by atoms with Crippen molar-refractivity contribution in [1.29, 1.82) is 0 Å². The first kappa shape index (κ1) is 22.3. The minimum Gasteiger partial charge on any atom is -0.456 e. The molecule has 0 fully saturated rings. The molecule has 2 heterocycles. The summed E-state index contributed by atoms with van der Waals surface area (Å²) in [5, 5.41) is 1.98. The van der Waals surface area contributed by atoms with Crippen LogP contribution in [0.25, 0.3) is 49.2 Å². The van der Waals surface area contributed by atoms with E-state index in [-0.39, 0.29) is 5.92 Å². The van der Waals surface area contributed by atoms with Crippen LogP contribution < -0.4 is 4.57 Å². The molecule has 0 saturated heterocycles. The summed E-state index contributed by atoms with van der Waals surface area (Å²) in [5.74, 6) is 0.283. The van der Waals surface area contributed by atoms with Gasteiger partial charge in [0.25, 0.3) is 0 Å². The fraction of sp³-hybridized carbons (Fsp3) is 0.294. The monoisotopic (exact) mass is 489 g/mol. The molecule has 0 amide bonds. The van der Waals surface area contributed by atoms with E-state index in [1.54, 1.807) is 0 Å². The average Bonchev–Trinajstić information content (AvgIpc) is 3.28. The average molecular weight is 490 g/mol. The van der Waals surface area contributed by atoms with Crippen molar-refractivity contribution in [3.8, 4) is 22.4 Å². The number of rotatable bonds is 5. The Hall–Kier alpha value is -3.90. The first-order valence-electron chi connectivity index (χ1n) is 13.9. The molecule has 0 aliphatic carbocycles. The van der Waals surface area contributed by atoms with Crippen molar-refractivity contribution >= 4 is 27.6 Å². The maximum atomic E-state index is 8.67. The lowest BCUT2D eigenvalue weighted by atomic mass is 9.95. The highest BCUT2D eigenvalue weighted by atomic mass is 16.3. The lowest BCUT2D eigenvalue weighted by Gasteiger charge is -2.11. The molecule has 3 nitrogen and oxygen atoms in total. The van der Waals surface area contributed by atoms with E-state index in [1.165, 1.54) is 5.56 Å². The molecule has 0 unspecified atom stereocenters. The summed E-state index contributed by atoms with van der Waals surface area (Å²) in [6.07, 6.45) is -1.43. The van der Waals surface area contributed by atoms with Crippen molar-refractivity contribution in [1.82, 2.24) is 0 Å². The van der Waals surface area contributed by atoms with Gasteiger partial charge in [0.05, 0.1) is 12.1 Å². The van der Waals surface area contributed by atoms with Gasteiger partial charge in [0.1, 0.15) is 18.2 Å². The molecular weight excluding hydrogens is 452 g/mol. The van der Waals surface area contributed by atoms with E-state index in [9.17, 15) is 0 Å². The van der Waals surface area contributed by atoms with E-state index in [1.807, 2.05) is 52.1 Å². The van der Waals surface area contributed by atoms with Crippen LogP contribution in [0, 0.1) is 26.3 Å². The molecule has 0 spiro atoms. The third-order valence-electron chi connectivity index (χ3n) is 7.34. The zero-order chi connectivity index (χ0) is 28.2. The predicted molar refractivity (Wildman–Crippen MR) is 154 cm³/mol. The number of aryl methyl sites for hydroxylation is 1. The third kappa shape index (κ3) is 4.21. The van der Waals surface area contributed by atoms with Crippen LogP contribution in [0.4, 0.5) is 5.69 Å². The molecule has 3 heteroatoms. The second kappa shape index (κ2) is 9.52. The number of furan rings is 1. The highest BCUT2D eigenvalue weighted by molar-refractivity contribution is 6.15. The minimum absolute atomic E-state index is 0.146. The fourth-order valence-corrected chi connectivity index (χ4v) is 5.19. The molecule has 0 aliphatic rings. The van der Waals surface area contributed by atoms with Gasteiger partial charge in [0.2, 0.25) is 5.69 Å². The molecule has 0 atom stereocenters. The van der Waals surface area contributed by atoms with E-state index in [2.05, 4.69) is 66.6 Å². The van der Waals surface area contributed by atoms with Gasteiger partial charge in [-0.05, 0) is 47.9 Å². The van der Waals surface area contributed by atoms with E-state index >= 15 is 0 Å². The van der Waals surface area contributed by atoms with Gasteiger partial charge in [-0.15, -0.1) is 0 Å². The van der Waals surface area contributed by atoms with Crippen molar-refractivity contribution in [3.63, 3.8) is 0 Å². The minimum atomic E-state index is -1.43. The SMILES string of the molecule is [2H]C([2H])(c1ccc(-c2c(C)ccc3c2oc2c(-c4ccc(C(C)C)cc4)c([N+]#[C-])ccc23)[n+](C)c1C)C(C)C. The summed E-state index contributed by atoms with van der Waals surface area (Å²) in [6.45, 7) is 20.1. The summed E-state index contributed by atoms with van der Waals surface area (Å²) in [6, 6.07) is 20.5. The van der Waals surface area contributed by atoms with Crippen LogP contribution in [0.5, 0.6) is 0 Å². The van der Waals surface area contributed by atoms with Gasteiger partial charge in [-0.2, -0.15) is 4.57 Å². The van der Waals surface area contributed by atoms with E-state index in [4.69, 9.17) is 13.7 Å². The van der Waals surface area contributed by atoms with Crippen molar-refractivity contribution in [2.24, 2.45) is 13.0 Å². The maximum Gasteiger partial charge on any atom is 0.216 e. The topological polar surface area (TPSA) is 21.4 Å². The summed E-state index contributed by atoms with van der Waals surface area (Å²) >= 11 is 0. The lowest BCUT2D eigenvalue weighted by Crippen LogP contribution is -2.36. The molecule has 2 aromatic heterocycles. The van der Waals surface area contributed by atoms with Gasteiger partial charge in [-0.3, -0.25) is 0 Å². The fourth-order valence-electron chi connectivity index (χ4n) is 5.19. The van der Waals surface area contributed by atoms with E-state index in [0.29, 0.717) is 17.2 Å². The predicted octanol–water partition coefficient (Wildman–Crippen LogP) is 9.23. The number of hydrogen-bond acceptors (Lipinski definition) is 1. The standard InChI is InChI=1S/C34H35N2O/c1-20(2)19-26-14-18-30(36(8)23(26)6)31-22(5)9-15-27-28-16-17-29(35-7)32(34(28)37-33(27)31)25-12-10-24(11-13-25)21(3)4/h9-18,20-21H,19H2,1-6,8H3/q+1/i19D2. The first-order chi connectivity index (χ1) is 18.5. The normalized spacial score (nSPS) is 12.9. The third-order valence-corrected chi connectivity index (χ3v) is 7.34. The highest BCUT2D eigenvalue weighted by Gasteiger charge is 2.25.